The minimum Gasteiger partial charge on any atom is -0.360 e. The summed E-state index contributed by atoms with van der Waals surface area (Å²) in [6.45, 7) is 6.61. The monoisotopic (exact) mass is 232 g/mol. The number of anilines is 1. The van der Waals surface area contributed by atoms with Gasteiger partial charge in [-0.05, 0) is 23.6 Å². The molecule has 0 unspecified atom stereocenters. The normalized spacial score (nSPS) is 16.8. The van der Waals surface area contributed by atoms with Crippen LogP contribution in [0.15, 0.2) is 24.3 Å². The summed E-state index contributed by atoms with van der Waals surface area (Å²) in [5.41, 5.74) is 2.49. The molecule has 0 spiro atoms. The van der Waals surface area contributed by atoms with Gasteiger partial charge in [0.2, 0.25) is 5.91 Å². The van der Waals surface area contributed by atoms with E-state index in [4.69, 9.17) is 0 Å². The average molecular weight is 232 g/mol. The van der Waals surface area contributed by atoms with Crippen LogP contribution in [0.3, 0.4) is 0 Å². The van der Waals surface area contributed by atoms with E-state index >= 15 is 0 Å². The van der Waals surface area contributed by atoms with Gasteiger partial charge in [0.25, 0.3) is 0 Å². The summed E-state index contributed by atoms with van der Waals surface area (Å²) in [6, 6.07) is 8.55. The van der Waals surface area contributed by atoms with Crippen molar-refractivity contribution in [2.75, 3.05) is 31.6 Å². The van der Waals surface area contributed by atoms with E-state index in [0.717, 1.165) is 18.8 Å². The van der Waals surface area contributed by atoms with Gasteiger partial charge in [-0.3, -0.25) is 4.79 Å². The Morgan fingerprint density at radius 3 is 2.29 bits per heavy atom. The molecule has 1 aliphatic heterocycles. The molecule has 1 aliphatic rings. The second-order valence-corrected chi connectivity index (χ2v) is 4.98. The molecule has 1 amide bonds. The van der Waals surface area contributed by atoms with E-state index in [1.807, 2.05) is 7.05 Å². The number of nitrogens with zero attached hydrogens (tertiary/aromatic N) is 2. The Hall–Kier alpha value is -1.51. The summed E-state index contributed by atoms with van der Waals surface area (Å²) in [7, 11) is 1.86. The zero-order valence-electron chi connectivity index (χ0n) is 10.8. The van der Waals surface area contributed by atoms with E-state index in [2.05, 4.69) is 43.0 Å². The minimum absolute atomic E-state index is 0.198. The van der Waals surface area contributed by atoms with Gasteiger partial charge in [-0.2, -0.15) is 0 Å². The second kappa shape index (κ2) is 4.78. The molecule has 2 rings (SSSR count). The van der Waals surface area contributed by atoms with Crippen LogP contribution in [-0.4, -0.2) is 37.5 Å². The first-order valence-corrected chi connectivity index (χ1v) is 6.17. The van der Waals surface area contributed by atoms with Crippen molar-refractivity contribution in [1.29, 1.82) is 0 Å². The van der Waals surface area contributed by atoms with Gasteiger partial charge in [0.05, 0.1) is 6.54 Å². The maximum atomic E-state index is 11.6. The molecule has 3 heteroatoms. The third-order valence-corrected chi connectivity index (χ3v) is 3.38. The van der Waals surface area contributed by atoms with Gasteiger partial charge in [-0.1, -0.05) is 26.0 Å². The van der Waals surface area contributed by atoms with Crippen molar-refractivity contribution in [3.05, 3.63) is 29.8 Å². The van der Waals surface area contributed by atoms with Gasteiger partial charge in [0.15, 0.2) is 0 Å². The molecule has 1 aromatic carbocycles. The molecule has 0 saturated carbocycles. The third-order valence-electron chi connectivity index (χ3n) is 3.38. The lowest BCUT2D eigenvalue weighted by molar-refractivity contribution is -0.129. The highest BCUT2D eigenvalue weighted by molar-refractivity contribution is 5.82. The van der Waals surface area contributed by atoms with Crippen LogP contribution in [0.1, 0.15) is 25.3 Å². The number of piperazine rings is 1. The molecular formula is C14H20N2O. The highest BCUT2D eigenvalue weighted by atomic mass is 16.2. The number of benzene rings is 1. The molecule has 1 fully saturated rings. The number of rotatable bonds is 2. The van der Waals surface area contributed by atoms with Crippen molar-refractivity contribution in [3.63, 3.8) is 0 Å². The summed E-state index contributed by atoms with van der Waals surface area (Å²) in [4.78, 5) is 15.6. The maximum absolute atomic E-state index is 11.6. The lowest BCUT2D eigenvalue weighted by atomic mass is 10.0. The van der Waals surface area contributed by atoms with E-state index < -0.39 is 0 Å². The molecule has 1 saturated heterocycles. The van der Waals surface area contributed by atoms with Crippen molar-refractivity contribution in [2.45, 2.75) is 19.8 Å². The fraction of sp³-hybridized carbons (Fsp3) is 0.500. The first kappa shape index (κ1) is 12.0. The van der Waals surface area contributed by atoms with Crippen LogP contribution >= 0.6 is 0 Å². The Kier molecular flexibility index (Phi) is 3.36. The first-order chi connectivity index (χ1) is 8.08. The number of likely N-dealkylation sites (N-methyl/N-ethyl adjacent to an activating group) is 1. The van der Waals surface area contributed by atoms with Gasteiger partial charge >= 0.3 is 0 Å². The van der Waals surface area contributed by atoms with Crippen LogP contribution in [0.2, 0.25) is 0 Å². The zero-order chi connectivity index (χ0) is 12.4. The largest absolute Gasteiger partial charge is 0.360 e. The SMILES string of the molecule is CC(C)c1ccc(N2CCN(C)C(=O)C2)cc1. The summed E-state index contributed by atoms with van der Waals surface area (Å²) in [5, 5.41) is 0. The second-order valence-electron chi connectivity index (χ2n) is 4.98. The Bertz CT molecular complexity index is 397. The van der Waals surface area contributed by atoms with Crippen molar-refractivity contribution < 1.29 is 4.79 Å². The maximum Gasteiger partial charge on any atom is 0.241 e. The van der Waals surface area contributed by atoms with Crippen LogP contribution in [0.5, 0.6) is 0 Å². The summed E-state index contributed by atoms with van der Waals surface area (Å²) < 4.78 is 0. The molecule has 1 heterocycles. The topological polar surface area (TPSA) is 23.6 Å². The number of carbonyl (C=O) groups excluding carboxylic acids is 1. The lowest BCUT2D eigenvalue weighted by Crippen LogP contribution is -2.48. The van der Waals surface area contributed by atoms with Crippen molar-refractivity contribution in [2.24, 2.45) is 0 Å². The molecule has 1 aromatic rings. The van der Waals surface area contributed by atoms with Gasteiger partial charge < -0.3 is 9.80 Å². The molecular weight excluding hydrogens is 212 g/mol. The Balaban J connectivity index is 2.10. The van der Waals surface area contributed by atoms with Crippen LogP contribution in [-0.2, 0) is 4.79 Å². The average Bonchev–Trinajstić information content (AvgIpc) is 2.33. The first-order valence-electron chi connectivity index (χ1n) is 6.17. The molecule has 17 heavy (non-hydrogen) atoms. The Morgan fingerprint density at radius 1 is 1.12 bits per heavy atom. The lowest BCUT2D eigenvalue weighted by Gasteiger charge is -2.33. The van der Waals surface area contributed by atoms with E-state index in [1.165, 1.54) is 5.56 Å². The van der Waals surface area contributed by atoms with Crippen LogP contribution in [0, 0.1) is 0 Å². The summed E-state index contributed by atoms with van der Waals surface area (Å²) in [6.07, 6.45) is 0. The smallest absolute Gasteiger partial charge is 0.241 e. The standard InChI is InChI=1S/C14H20N2O/c1-11(2)12-4-6-13(7-5-12)16-9-8-15(3)14(17)10-16/h4-7,11H,8-10H2,1-3H3. The number of amides is 1. The highest BCUT2D eigenvalue weighted by Crippen LogP contribution is 2.21. The highest BCUT2D eigenvalue weighted by Gasteiger charge is 2.20. The predicted octanol–water partition coefficient (Wildman–Crippen LogP) is 2.09. The van der Waals surface area contributed by atoms with Crippen LogP contribution in [0.4, 0.5) is 5.69 Å². The van der Waals surface area contributed by atoms with Crippen molar-refractivity contribution in [1.82, 2.24) is 4.90 Å². The van der Waals surface area contributed by atoms with E-state index in [-0.39, 0.29) is 5.91 Å². The minimum atomic E-state index is 0.198. The van der Waals surface area contributed by atoms with Gasteiger partial charge in [-0.15, -0.1) is 0 Å². The van der Waals surface area contributed by atoms with Crippen molar-refractivity contribution >= 4 is 11.6 Å². The van der Waals surface area contributed by atoms with Gasteiger partial charge in [-0.25, -0.2) is 0 Å². The van der Waals surface area contributed by atoms with Gasteiger partial charge in [0, 0.05) is 25.8 Å². The molecule has 0 N–H and O–H groups in total. The number of hydrogen-bond acceptors (Lipinski definition) is 2. The molecule has 0 bridgehead atoms. The van der Waals surface area contributed by atoms with Crippen molar-refractivity contribution in [3.8, 4) is 0 Å². The predicted molar refractivity (Wildman–Crippen MR) is 70.4 cm³/mol. The Labute approximate surface area is 103 Å². The molecule has 0 aromatic heterocycles. The molecule has 3 nitrogen and oxygen atoms in total. The summed E-state index contributed by atoms with van der Waals surface area (Å²) >= 11 is 0. The number of hydrogen-bond donors (Lipinski definition) is 0. The fourth-order valence-corrected chi connectivity index (χ4v) is 2.05. The molecule has 0 radical (unpaired) electrons. The zero-order valence-corrected chi connectivity index (χ0v) is 10.8. The molecule has 0 aliphatic carbocycles. The fourth-order valence-electron chi connectivity index (χ4n) is 2.05. The molecule has 92 valence electrons. The quantitative estimate of drug-likeness (QED) is 0.779. The van der Waals surface area contributed by atoms with E-state index in [1.54, 1.807) is 4.90 Å². The summed E-state index contributed by atoms with van der Waals surface area (Å²) in [5.74, 6) is 0.752. The van der Waals surface area contributed by atoms with Gasteiger partial charge in [0.1, 0.15) is 0 Å². The third kappa shape index (κ3) is 2.60. The number of carbonyl (C=O) groups is 1. The van der Waals surface area contributed by atoms with E-state index in [9.17, 15) is 4.79 Å². The van der Waals surface area contributed by atoms with Crippen LogP contribution in [0.25, 0.3) is 0 Å². The Morgan fingerprint density at radius 2 is 1.76 bits per heavy atom. The molecule has 0 atom stereocenters. The van der Waals surface area contributed by atoms with E-state index in [0.29, 0.717) is 12.5 Å². The van der Waals surface area contributed by atoms with Crippen LogP contribution < -0.4 is 4.90 Å².